The van der Waals surface area contributed by atoms with Crippen LogP contribution in [-0.4, -0.2) is 27.6 Å². The first-order valence-electron chi connectivity index (χ1n) is 9.71. The van der Waals surface area contributed by atoms with E-state index in [1.54, 1.807) is 4.90 Å². The maximum absolute atomic E-state index is 13.4. The minimum absolute atomic E-state index is 0.0115. The van der Waals surface area contributed by atoms with Crippen LogP contribution in [0, 0.1) is 0 Å². The SMILES string of the molecule is CCCc1nn(-c2cccc(Cl)c2)c(CC)c1C(=O)N(C)Cc1ccccc1. The van der Waals surface area contributed by atoms with Gasteiger partial charge in [0, 0.05) is 18.6 Å². The molecular weight excluding hydrogens is 370 g/mol. The Morgan fingerprint density at radius 1 is 1.11 bits per heavy atom. The van der Waals surface area contributed by atoms with E-state index in [9.17, 15) is 4.79 Å². The monoisotopic (exact) mass is 395 g/mol. The molecule has 0 unspecified atom stereocenters. The van der Waals surface area contributed by atoms with E-state index in [2.05, 4.69) is 13.8 Å². The Kier molecular flexibility index (Phi) is 6.53. The lowest BCUT2D eigenvalue weighted by molar-refractivity contribution is 0.0783. The summed E-state index contributed by atoms with van der Waals surface area (Å²) < 4.78 is 1.88. The van der Waals surface area contributed by atoms with Crippen molar-refractivity contribution in [3.05, 3.63) is 82.1 Å². The standard InChI is InChI=1S/C23H26ClN3O/c1-4-10-20-22(23(28)26(3)16-17-11-7-6-8-12-17)21(5-2)27(25-20)19-14-9-13-18(24)15-19/h6-9,11-15H,4-5,10,16H2,1-3H3. The van der Waals surface area contributed by atoms with Crippen molar-refractivity contribution in [1.29, 1.82) is 0 Å². The van der Waals surface area contributed by atoms with E-state index in [0.29, 0.717) is 18.0 Å². The van der Waals surface area contributed by atoms with Crippen LogP contribution in [0.3, 0.4) is 0 Å². The number of hydrogen-bond acceptors (Lipinski definition) is 2. The second-order valence-electron chi connectivity index (χ2n) is 6.91. The highest BCUT2D eigenvalue weighted by Gasteiger charge is 2.25. The molecule has 0 aliphatic carbocycles. The number of carbonyl (C=O) groups excluding carboxylic acids is 1. The van der Waals surface area contributed by atoms with Crippen molar-refractivity contribution >= 4 is 17.5 Å². The van der Waals surface area contributed by atoms with Crippen molar-refractivity contribution in [1.82, 2.24) is 14.7 Å². The summed E-state index contributed by atoms with van der Waals surface area (Å²) in [7, 11) is 1.85. The van der Waals surface area contributed by atoms with Crippen LogP contribution in [0.1, 0.15) is 47.6 Å². The summed E-state index contributed by atoms with van der Waals surface area (Å²) in [4.78, 5) is 15.2. The quantitative estimate of drug-likeness (QED) is 0.543. The van der Waals surface area contributed by atoms with Gasteiger partial charge in [0.2, 0.25) is 0 Å². The van der Waals surface area contributed by atoms with Gasteiger partial charge in [-0.15, -0.1) is 0 Å². The van der Waals surface area contributed by atoms with Gasteiger partial charge in [-0.3, -0.25) is 4.79 Å². The van der Waals surface area contributed by atoms with E-state index in [-0.39, 0.29) is 5.91 Å². The summed E-state index contributed by atoms with van der Waals surface area (Å²) in [6.45, 7) is 4.73. The zero-order valence-electron chi connectivity index (χ0n) is 16.7. The lowest BCUT2D eigenvalue weighted by atomic mass is 10.1. The molecule has 1 aromatic heterocycles. The minimum Gasteiger partial charge on any atom is -0.337 e. The molecule has 3 rings (SSSR count). The molecule has 5 heteroatoms. The first-order chi connectivity index (χ1) is 13.5. The number of aryl methyl sites for hydroxylation is 1. The highest BCUT2D eigenvalue weighted by molar-refractivity contribution is 6.30. The highest BCUT2D eigenvalue weighted by Crippen LogP contribution is 2.24. The smallest absolute Gasteiger partial charge is 0.257 e. The Morgan fingerprint density at radius 2 is 1.86 bits per heavy atom. The number of halogens is 1. The van der Waals surface area contributed by atoms with Gasteiger partial charge in [0.1, 0.15) is 0 Å². The van der Waals surface area contributed by atoms with Crippen molar-refractivity contribution < 1.29 is 4.79 Å². The molecule has 0 fully saturated rings. The third-order valence-electron chi connectivity index (χ3n) is 4.75. The van der Waals surface area contributed by atoms with Gasteiger partial charge >= 0.3 is 0 Å². The fraction of sp³-hybridized carbons (Fsp3) is 0.304. The molecule has 28 heavy (non-hydrogen) atoms. The molecule has 146 valence electrons. The highest BCUT2D eigenvalue weighted by atomic mass is 35.5. The van der Waals surface area contributed by atoms with E-state index in [1.165, 1.54) is 0 Å². The zero-order chi connectivity index (χ0) is 20.1. The average Bonchev–Trinajstić information content (AvgIpc) is 3.06. The Labute approximate surface area is 171 Å². The summed E-state index contributed by atoms with van der Waals surface area (Å²) in [6.07, 6.45) is 2.41. The Morgan fingerprint density at radius 3 is 2.50 bits per heavy atom. The molecule has 0 saturated heterocycles. The number of aromatic nitrogens is 2. The van der Waals surface area contributed by atoms with Crippen LogP contribution in [0.15, 0.2) is 54.6 Å². The number of benzene rings is 2. The molecule has 0 N–H and O–H groups in total. The fourth-order valence-electron chi connectivity index (χ4n) is 3.43. The van der Waals surface area contributed by atoms with Gasteiger partial charge < -0.3 is 4.90 Å². The van der Waals surface area contributed by atoms with Gasteiger partial charge in [-0.1, -0.05) is 68.3 Å². The Bertz CT molecular complexity index is 950. The van der Waals surface area contributed by atoms with Crippen molar-refractivity contribution in [2.45, 2.75) is 39.7 Å². The van der Waals surface area contributed by atoms with Gasteiger partial charge in [0.05, 0.1) is 22.6 Å². The number of carbonyl (C=O) groups is 1. The van der Waals surface area contributed by atoms with Crippen LogP contribution < -0.4 is 0 Å². The van der Waals surface area contributed by atoms with E-state index in [0.717, 1.165) is 41.0 Å². The fourth-order valence-corrected chi connectivity index (χ4v) is 3.61. The van der Waals surface area contributed by atoms with Crippen molar-refractivity contribution in [3.8, 4) is 5.69 Å². The van der Waals surface area contributed by atoms with Gasteiger partial charge in [0.25, 0.3) is 5.91 Å². The van der Waals surface area contributed by atoms with Gasteiger partial charge in [0.15, 0.2) is 0 Å². The van der Waals surface area contributed by atoms with E-state index in [4.69, 9.17) is 16.7 Å². The van der Waals surface area contributed by atoms with Crippen molar-refractivity contribution in [3.63, 3.8) is 0 Å². The van der Waals surface area contributed by atoms with Crippen LogP contribution in [0.4, 0.5) is 0 Å². The third kappa shape index (κ3) is 4.28. The van der Waals surface area contributed by atoms with Crippen molar-refractivity contribution in [2.24, 2.45) is 0 Å². The first kappa shape index (κ1) is 20.2. The number of hydrogen-bond donors (Lipinski definition) is 0. The Hall–Kier alpha value is -2.59. The largest absolute Gasteiger partial charge is 0.337 e. The maximum atomic E-state index is 13.4. The lowest BCUT2D eigenvalue weighted by Crippen LogP contribution is -2.27. The van der Waals surface area contributed by atoms with E-state index < -0.39 is 0 Å². The molecule has 0 bridgehead atoms. The predicted molar refractivity (Wildman–Crippen MR) is 114 cm³/mol. The molecule has 1 heterocycles. The van der Waals surface area contributed by atoms with Gasteiger partial charge in [-0.05, 0) is 36.6 Å². The molecule has 0 atom stereocenters. The molecule has 0 radical (unpaired) electrons. The summed E-state index contributed by atoms with van der Waals surface area (Å²) in [5.74, 6) is 0.0115. The molecule has 0 spiro atoms. The molecule has 3 aromatic rings. The average molecular weight is 396 g/mol. The molecule has 0 saturated carbocycles. The van der Waals surface area contributed by atoms with Crippen LogP contribution in [0.25, 0.3) is 5.69 Å². The molecule has 0 aliphatic rings. The second-order valence-corrected chi connectivity index (χ2v) is 7.35. The van der Waals surface area contributed by atoms with Crippen molar-refractivity contribution in [2.75, 3.05) is 7.05 Å². The van der Waals surface area contributed by atoms with Gasteiger partial charge in [-0.25, -0.2) is 4.68 Å². The molecule has 4 nitrogen and oxygen atoms in total. The first-order valence-corrected chi connectivity index (χ1v) is 10.1. The topological polar surface area (TPSA) is 38.1 Å². The zero-order valence-corrected chi connectivity index (χ0v) is 17.4. The van der Waals surface area contributed by atoms with E-state index >= 15 is 0 Å². The predicted octanol–water partition coefficient (Wildman–Crippen LogP) is 5.31. The molecular formula is C23H26ClN3O. The summed E-state index contributed by atoms with van der Waals surface area (Å²) in [5.41, 5.74) is 4.49. The Balaban J connectivity index is 2.02. The maximum Gasteiger partial charge on any atom is 0.257 e. The van der Waals surface area contributed by atoms with Crippen LogP contribution in [0.2, 0.25) is 5.02 Å². The third-order valence-corrected chi connectivity index (χ3v) is 4.99. The van der Waals surface area contributed by atoms with Crippen LogP contribution in [-0.2, 0) is 19.4 Å². The normalized spacial score (nSPS) is 10.9. The summed E-state index contributed by atoms with van der Waals surface area (Å²) in [5, 5.41) is 5.46. The number of amides is 1. The van der Waals surface area contributed by atoms with Crippen LogP contribution >= 0.6 is 11.6 Å². The van der Waals surface area contributed by atoms with E-state index in [1.807, 2.05) is 66.3 Å². The van der Waals surface area contributed by atoms with Gasteiger partial charge in [-0.2, -0.15) is 5.10 Å². The number of rotatable bonds is 7. The number of nitrogens with zero attached hydrogens (tertiary/aromatic N) is 3. The minimum atomic E-state index is 0.0115. The molecule has 0 aliphatic heterocycles. The van der Waals surface area contributed by atoms with Crippen LogP contribution in [0.5, 0.6) is 0 Å². The molecule has 1 amide bonds. The molecule has 2 aromatic carbocycles. The lowest BCUT2D eigenvalue weighted by Gasteiger charge is -2.18. The summed E-state index contributed by atoms with van der Waals surface area (Å²) in [6, 6.07) is 17.6. The summed E-state index contributed by atoms with van der Waals surface area (Å²) >= 11 is 6.19. The second kappa shape index (κ2) is 9.07.